The van der Waals surface area contributed by atoms with E-state index >= 15 is 0 Å². The van der Waals surface area contributed by atoms with E-state index in [1.54, 1.807) is 55.7 Å². The first kappa shape index (κ1) is 28.3. The Hall–Kier alpha value is -4.30. The molecule has 0 atom stereocenters. The summed E-state index contributed by atoms with van der Waals surface area (Å²) >= 11 is 6.19. The summed E-state index contributed by atoms with van der Waals surface area (Å²) in [5, 5.41) is 7.00. The predicted octanol–water partition coefficient (Wildman–Crippen LogP) is 5.12. The maximum Gasteiger partial charge on any atom is 0.287 e. The highest BCUT2D eigenvalue weighted by molar-refractivity contribution is 6.34. The van der Waals surface area contributed by atoms with Gasteiger partial charge in [0.1, 0.15) is 17.2 Å². The van der Waals surface area contributed by atoms with Gasteiger partial charge in [0.05, 0.1) is 31.0 Å². The number of benzene rings is 3. The second kappa shape index (κ2) is 13.9. The third-order valence-electron chi connectivity index (χ3n) is 5.75. The van der Waals surface area contributed by atoms with Gasteiger partial charge in [-0.25, -0.2) is 5.43 Å². The molecule has 0 saturated heterocycles. The highest BCUT2D eigenvalue weighted by Crippen LogP contribution is 2.23. The SMILES string of the molecule is CCN(CC)c1ccc(/C=C(/NC(=O)c2ccccc2Cl)C(=O)N/N=C\c2ccc(OC)cc2OC)cc1. The van der Waals surface area contributed by atoms with Gasteiger partial charge in [0, 0.05) is 30.4 Å². The van der Waals surface area contributed by atoms with E-state index in [-0.39, 0.29) is 16.3 Å². The molecule has 38 heavy (non-hydrogen) atoms. The normalized spacial score (nSPS) is 11.2. The van der Waals surface area contributed by atoms with Crippen molar-refractivity contribution in [2.45, 2.75) is 13.8 Å². The van der Waals surface area contributed by atoms with Crippen LogP contribution in [0, 0.1) is 0 Å². The Kier molecular flexibility index (Phi) is 10.3. The van der Waals surface area contributed by atoms with E-state index in [9.17, 15) is 9.59 Å². The van der Waals surface area contributed by atoms with Crippen LogP contribution in [0.1, 0.15) is 35.3 Å². The third kappa shape index (κ3) is 7.36. The summed E-state index contributed by atoms with van der Waals surface area (Å²) in [5.74, 6) is 0.0282. The molecule has 9 heteroatoms. The molecular formula is C29H31ClN4O4. The van der Waals surface area contributed by atoms with Gasteiger partial charge in [-0.15, -0.1) is 0 Å². The lowest BCUT2D eigenvalue weighted by molar-refractivity contribution is -0.117. The molecule has 2 N–H and O–H groups in total. The Balaban J connectivity index is 1.86. The molecule has 0 unspecified atom stereocenters. The number of hydrogen-bond donors (Lipinski definition) is 2. The molecule has 0 radical (unpaired) electrons. The Morgan fingerprint density at radius 3 is 2.32 bits per heavy atom. The number of halogens is 1. The van der Waals surface area contributed by atoms with Crippen LogP contribution in [0.15, 0.2) is 77.5 Å². The van der Waals surface area contributed by atoms with Gasteiger partial charge in [0.2, 0.25) is 0 Å². The Morgan fingerprint density at radius 1 is 0.974 bits per heavy atom. The molecule has 0 aromatic heterocycles. The number of amides is 2. The molecule has 0 spiro atoms. The Morgan fingerprint density at radius 2 is 1.68 bits per heavy atom. The first-order chi connectivity index (χ1) is 18.4. The van der Waals surface area contributed by atoms with Crippen molar-refractivity contribution in [1.29, 1.82) is 0 Å². The molecule has 0 saturated carbocycles. The van der Waals surface area contributed by atoms with Gasteiger partial charge in [-0.2, -0.15) is 5.10 Å². The van der Waals surface area contributed by atoms with E-state index in [2.05, 4.69) is 34.6 Å². The molecule has 0 aliphatic heterocycles. The van der Waals surface area contributed by atoms with Crippen LogP contribution in [-0.4, -0.2) is 45.3 Å². The quantitative estimate of drug-likeness (QED) is 0.202. The molecular weight excluding hydrogens is 504 g/mol. The van der Waals surface area contributed by atoms with Gasteiger partial charge in [-0.1, -0.05) is 35.9 Å². The third-order valence-corrected chi connectivity index (χ3v) is 6.08. The molecule has 0 heterocycles. The fourth-order valence-corrected chi connectivity index (χ4v) is 3.90. The Labute approximate surface area is 227 Å². The topological polar surface area (TPSA) is 92.3 Å². The van der Waals surface area contributed by atoms with Gasteiger partial charge in [-0.3, -0.25) is 9.59 Å². The van der Waals surface area contributed by atoms with E-state index in [0.29, 0.717) is 17.1 Å². The Bertz CT molecular complexity index is 1320. The molecule has 198 valence electrons. The molecule has 3 aromatic rings. The number of methoxy groups -OCH3 is 2. The molecule has 0 aliphatic rings. The van der Waals surface area contributed by atoms with Crippen LogP contribution in [0.3, 0.4) is 0 Å². The van der Waals surface area contributed by atoms with Crippen LogP contribution in [0.5, 0.6) is 11.5 Å². The minimum Gasteiger partial charge on any atom is -0.497 e. The van der Waals surface area contributed by atoms with Crippen molar-refractivity contribution in [3.63, 3.8) is 0 Å². The van der Waals surface area contributed by atoms with Crippen LogP contribution in [0.2, 0.25) is 5.02 Å². The highest BCUT2D eigenvalue weighted by atomic mass is 35.5. The van der Waals surface area contributed by atoms with E-state index in [1.807, 2.05) is 24.3 Å². The van der Waals surface area contributed by atoms with Gasteiger partial charge >= 0.3 is 0 Å². The maximum absolute atomic E-state index is 13.1. The molecule has 2 amide bonds. The number of nitrogens with zero attached hydrogens (tertiary/aromatic N) is 2. The lowest BCUT2D eigenvalue weighted by atomic mass is 10.1. The summed E-state index contributed by atoms with van der Waals surface area (Å²) in [4.78, 5) is 28.3. The minimum atomic E-state index is -0.609. The smallest absolute Gasteiger partial charge is 0.287 e. The maximum atomic E-state index is 13.1. The molecule has 0 fully saturated rings. The average Bonchev–Trinajstić information content (AvgIpc) is 2.94. The molecule has 0 bridgehead atoms. The minimum absolute atomic E-state index is 0.00403. The fraction of sp³-hybridized carbons (Fsp3) is 0.207. The first-order valence-electron chi connectivity index (χ1n) is 12.1. The largest absolute Gasteiger partial charge is 0.497 e. The lowest BCUT2D eigenvalue weighted by Crippen LogP contribution is -2.33. The van der Waals surface area contributed by atoms with Crippen molar-refractivity contribution in [3.05, 3.63) is 94.1 Å². The van der Waals surface area contributed by atoms with Crippen LogP contribution in [0.25, 0.3) is 6.08 Å². The van der Waals surface area contributed by atoms with Gasteiger partial charge in [0.15, 0.2) is 0 Å². The number of carbonyl (C=O) groups is 2. The lowest BCUT2D eigenvalue weighted by Gasteiger charge is -2.21. The summed E-state index contributed by atoms with van der Waals surface area (Å²) in [7, 11) is 3.09. The second-order valence-electron chi connectivity index (χ2n) is 8.06. The van der Waals surface area contributed by atoms with Gasteiger partial charge in [-0.05, 0) is 61.9 Å². The molecule has 3 aromatic carbocycles. The van der Waals surface area contributed by atoms with E-state index in [0.717, 1.165) is 24.3 Å². The van der Waals surface area contributed by atoms with Crippen molar-refractivity contribution < 1.29 is 19.1 Å². The number of rotatable bonds is 11. The number of carbonyl (C=O) groups excluding carboxylic acids is 2. The van der Waals surface area contributed by atoms with Crippen molar-refractivity contribution >= 4 is 41.4 Å². The number of hydrogen-bond acceptors (Lipinski definition) is 6. The monoisotopic (exact) mass is 534 g/mol. The van der Waals surface area contributed by atoms with Crippen LogP contribution < -0.4 is 25.1 Å². The van der Waals surface area contributed by atoms with Crippen LogP contribution >= 0.6 is 11.6 Å². The zero-order valence-corrected chi connectivity index (χ0v) is 22.6. The number of nitrogens with one attached hydrogen (secondary N) is 2. The van der Waals surface area contributed by atoms with Crippen molar-refractivity contribution in [2.24, 2.45) is 5.10 Å². The van der Waals surface area contributed by atoms with Crippen LogP contribution in [-0.2, 0) is 4.79 Å². The average molecular weight is 535 g/mol. The summed E-state index contributed by atoms with van der Waals surface area (Å²) < 4.78 is 10.6. The molecule has 3 rings (SSSR count). The molecule has 8 nitrogen and oxygen atoms in total. The highest BCUT2D eigenvalue weighted by Gasteiger charge is 2.16. The van der Waals surface area contributed by atoms with E-state index < -0.39 is 11.8 Å². The van der Waals surface area contributed by atoms with Crippen LogP contribution in [0.4, 0.5) is 5.69 Å². The summed E-state index contributed by atoms with van der Waals surface area (Å²) in [6.07, 6.45) is 3.03. The standard InChI is InChI=1S/C29H31ClN4O4/c1-5-34(6-2)22-14-11-20(12-15-22)17-26(32-28(35)24-9-7-8-10-25(24)30)29(36)33-31-19-21-13-16-23(37-3)18-27(21)38-4/h7-19H,5-6H2,1-4H3,(H,32,35)(H,33,36)/b26-17+,31-19-. The fourth-order valence-electron chi connectivity index (χ4n) is 3.68. The van der Waals surface area contributed by atoms with Crippen molar-refractivity contribution in [2.75, 3.05) is 32.2 Å². The summed E-state index contributed by atoms with van der Waals surface area (Å²) in [6, 6.07) is 19.5. The van der Waals surface area contributed by atoms with Gasteiger partial charge in [0.25, 0.3) is 11.8 Å². The van der Waals surface area contributed by atoms with E-state index in [1.165, 1.54) is 13.3 Å². The number of ether oxygens (including phenoxy) is 2. The number of hydrazone groups is 1. The summed E-state index contributed by atoms with van der Waals surface area (Å²) in [6.45, 7) is 5.94. The predicted molar refractivity (Wildman–Crippen MR) is 152 cm³/mol. The first-order valence-corrected chi connectivity index (χ1v) is 12.5. The second-order valence-corrected chi connectivity index (χ2v) is 8.47. The zero-order valence-electron chi connectivity index (χ0n) is 21.8. The van der Waals surface area contributed by atoms with E-state index in [4.69, 9.17) is 21.1 Å². The molecule has 0 aliphatic carbocycles. The van der Waals surface area contributed by atoms with Crippen molar-refractivity contribution in [1.82, 2.24) is 10.7 Å². The number of anilines is 1. The van der Waals surface area contributed by atoms with Crippen molar-refractivity contribution in [3.8, 4) is 11.5 Å². The van der Waals surface area contributed by atoms with Gasteiger partial charge < -0.3 is 19.7 Å². The summed E-state index contributed by atoms with van der Waals surface area (Å²) in [5.41, 5.74) is 5.15. The zero-order chi connectivity index (χ0) is 27.5.